The fourth-order valence-corrected chi connectivity index (χ4v) is 5.81. The van der Waals surface area contributed by atoms with Crippen LogP contribution in [0.3, 0.4) is 0 Å². The summed E-state index contributed by atoms with van der Waals surface area (Å²) in [5, 5.41) is 3.33. The van der Waals surface area contributed by atoms with Crippen LogP contribution in [0.25, 0.3) is 11.0 Å². The Balaban J connectivity index is 1.58. The molecule has 0 radical (unpaired) electrons. The Bertz CT molecular complexity index is 1120. The number of carbonyl (C=O) groups is 2. The van der Waals surface area contributed by atoms with Gasteiger partial charge in [0.25, 0.3) is 0 Å². The zero-order valence-corrected chi connectivity index (χ0v) is 20.6. The molecule has 0 saturated heterocycles. The number of esters is 1. The lowest BCUT2D eigenvalue weighted by Crippen LogP contribution is -2.48. The molecule has 1 aromatic carbocycles. The SMILES string of the molecule is Cc1nc2cc(C3C/C=C\CCC[C@@H]4CC(C)(CCC(=O)O3)C(=O)[C@H](C)C4N=O)ccc2n1C. The summed E-state index contributed by atoms with van der Waals surface area (Å²) in [7, 11) is 1.99. The maximum absolute atomic E-state index is 13.1. The highest BCUT2D eigenvalue weighted by molar-refractivity contribution is 5.88. The fraction of sp³-hybridized carbons (Fsp3) is 0.593. The van der Waals surface area contributed by atoms with Gasteiger partial charge < -0.3 is 9.30 Å². The smallest absolute Gasteiger partial charge is 0.306 e. The highest BCUT2D eigenvalue weighted by Gasteiger charge is 2.49. The number of aromatic nitrogens is 2. The molecule has 2 heterocycles. The normalized spacial score (nSPS) is 32.1. The number of hydrogen-bond donors (Lipinski definition) is 0. The Labute approximate surface area is 200 Å². The van der Waals surface area contributed by atoms with E-state index in [-0.39, 0.29) is 24.1 Å². The van der Waals surface area contributed by atoms with Gasteiger partial charge in [0.15, 0.2) is 0 Å². The van der Waals surface area contributed by atoms with Crippen LogP contribution < -0.4 is 0 Å². The van der Waals surface area contributed by atoms with Crippen molar-refractivity contribution < 1.29 is 14.3 Å². The van der Waals surface area contributed by atoms with Crippen LogP contribution in [-0.4, -0.2) is 27.3 Å². The lowest BCUT2D eigenvalue weighted by molar-refractivity contribution is -0.151. The molecular formula is C27H35N3O4. The van der Waals surface area contributed by atoms with Gasteiger partial charge in [-0.25, -0.2) is 4.98 Å². The first-order valence-corrected chi connectivity index (χ1v) is 12.4. The predicted molar refractivity (Wildman–Crippen MR) is 131 cm³/mol. The van der Waals surface area contributed by atoms with Crippen LogP contribution in [-0.2, 0) is 21.4 Å². The Morgan fingerprint density at radius 2 is 2.03 bits per heavy atom. The van der Waals surface area contributed by atoms with Gasteiger partial charge in [-0.05, 0) is 62.6 Å². The summed E-state index contributed by atoms with van der Waals surface area (Å²) in [6.45, 7) is 5.72. The number of Topliss-reactive ketones (excluding diaryl/α,β-unsaturated/α-hetero) is 1. The number of rotatable bonds is 2. The Kier molecular flexibility index (Phi) is 7.01. The van der Waals surface area contributed by atoms with Crippen LogP contribution in [0, 0.1) is 29.1 Å². The van der Waals surface area contributed by atoms with E-state index in [1.807, 2.05) is 50.6 Å². The third-order valence-electron chi connectivity index (χ3n) is 7.96. The third-order valence-corrected chi connectivity index (χ3v) is 7.96. The number of ether oxygens (including phenoxy) is 1. The average Bonchev–Trinajstić information content (AvgIpc) is 3.10. The number of nitrogens with zero attached hydrogens (tertiary/aromatic N) is 3. The number of imidazole rings is 1. The lowest BCUT2D eigenvalue weighted by atomic mass is 9.61. The number of allylic oxidation sites excluding steroid dienone is 1. The van der Waals surface area contributed by atoms with Gasteiger partial charge in [0.2, 0.25) is 0 Å². The molecular weight excluding hydrogens is 430 g/mol. The molecule has 2 bridgehead atoms. The van der Waals surface area contributed by atoms with E-state index in [0.717, 1.165) is 41.7 Å². The number of hydrogen-bond acceptors (Lipinski definition) is 6. The van der Waals surface area contributed by atoms with Gasteiger partial charge in [-0.3, -0.25) is 9.59 Å². The zero-order valence-electron chi connectivity index (χ0n) is 20.6. The molecule has 1 aromatic heterocycles. The van der Waals surface area contributed by atoms with Crippen molar-refractivity contribution in [3.05, 3.63) is 46.6 Å². The molecule has 34 heavy (non-hydrogen) atoms. The van der Waals surface area contributed by atoms with E-state index in [9.17, 15) is 14.5 Å². The van der Waals surface area contributed by atoms with Crippen molar-refractivity contribution in [1.29, 1.82) is 0 Å². The number of ketones is 1. The van der Waals surface area contributed by atoms with E-state index >= 15 is 0 Å². The van der Waals surface area contributed by atoms with Gasteiger partial charge in [-0.1, -0.05) is 37.2 Å². The van der Waals surface area contributed by atoms with Crippen molar-refractivity contribution in [2.45, 2.75) is 77.9 Å². The monoisotopic (exact) mass is 465 g/mol. The van der Waals surface area contributed by atoms with Crippen LogP contribution >= 0.6 is 0 Å². The molecule has 7 heteroatoms. The lowest BCUT2D eigenvalue weighted by Gasteiger charge is -2.42. The summed E-state index contributed by atoms with van der Waals surface area (Å²) >= 11 is 0. The van der Waals surface area contributed by atoms with E-state index < -0.39 is 23.5 Å². The maximum Gasteiger partial charge on any atom is 0.306 e. The van der Waals surface area contributed by atoms with Crippen LogP contribution in [0.15, 0.2) is 35.5 Å². The number of nitroso groups, excluding NO2 is 1. The minimum Gasteiger partial charge on any atom is -0.457 e. The molecule has 1 saturated carbocycles. The number of benzene rings is 1. The van der Waals surface area contributed by atoms with E-state index in [4.69, 9.17) is 4.74 Å². The summed E-state index contributed by atoms with van der Waals surface area (Å²) in [5.41, 5.74) is 2.21. The van der Waals surface area contributed by atoms with Crippen LogP contribution in [0.4, 0.5) is 0 Å². The molecule has 1 fully saturated rings. The summed E-state index contributed by atoms with van der Waals surface area (Å²) in [6, 6.07) is 5.55. The Hall–Kier alpha value is -2.83. The summed E-state index contributed by atoms with van der Waals surface area (Å²) in [4.78, 5) is 42.2. The van der Waals surface area contributed by atoms with Gasteiger partial charge in [0, 0.05) is 31.2 Å². The minimum absolute atomic E-state index is 0.0423. The molecule has 2 aromatic rings. The Morgan fingerprint density at radius 3 is 2.79 bits per heavy atom. The highest BCUT2D eigenvalue weighted by Crippen LogP contribution is 2.45. The van der Waals surface area contributed by atoms with E-state index in [2.05, 4.69) is 22.3 Å². The van der Waals surface area contributed by atoms with Crippen LogP contribution in [0.5, 0.6) is 0 Å². The highest BCUT2D eigenvalue weighted by atomic mass is 16.5. The second-order valence-electron chi connectivity index (χ2n) is 10.4. The van der Waals surface area contributed by atoms with Crippen molar-refractivity contribution in [1.82, 2.24) is 9.55 Å². The van der Waals surface area contributed by atoms with Gasteiger partial charge in [-0.15, -0.1) is 0 Å². The van der Waals surface area contributed by atoms with Crippen LogP contribution in [0.2, 0.25) is 0 Å². The van der Waals surface area contributed by atoms with Gasteiger partial charge >= 0.3 is 5.97 Å². The molecule has 0 N–H and O–H groups in total. The van der Waals surface area contributed by atoms with Crippen molar-refractivity contribution in [3.8, 4) is 0 Å². The number of cyclic esters (lactones) is 1. The van der Waals surface area contributed by atoms with Crippen LogP contribution in [0.1, 0.15) is 76.3 Å². The first-order chi connectivity index (χ1) is 16.2. The standard InChI is InChI=1S/C27H35N3O4/c1-17-25(29-33)20-9-7-5-6-8-10-23(34-24(31)13-14-27(3,16-20)26(17)32)19-11-12-22-21(15-19)28-18(2)30(22)4/h6,8,11-12,15,17,20,23,25H,5,7,9-10,13-14,16H2,1-4H3/b8-6-/t17-,20-,23?,25?,27?/m1/s1. The van der Waals surface area contributed by atoms with Crippen molar-refractivity contribution >= 4 is 22.8 Å². The summed E-state index contributed by atoms with van der Waals surface area (Å²) < 4.78 is 7.99. The maximum atomic E-state index is 13.1. The van der Waals surface area contributed by atoms with Crippen molar-refractivity contribution in [2.75, 3.05) is 0 Å². The van der Waals surface area contributed by atoms with E-state index in [1.165, 1.54) is 0 Å². The molecule has 182 valence electrons. The molecule has 1 aliphatic heterocycles. The molecule has 0 spiro atoms. The average molecular weight is 466 g/mol. The quantitative estimate of drug-likeness (QED) is 0.320. The number of carbonyl (C=O) groups excluding carboxylic acids is 2. The van der Waals surface area contributed by atoms with Gasteiger partial charge in [0.1, 0.15) is 23.8 Å². The Morgan fingerprint density at radius 1 is 1.24 bits per heavy atom. The largest absolute Gasteiger partial charge is 0.457 e. The predicted octanol–water partition coefficient (Wildman–Crippen LogP) is 5.74. The van der Waals surface area contributed by atoms with E-state index in [1.54, 1.807) is 0 Å². The molecule has 5 atom stereocenters. The summed E-state index contributed by atoms with van der Waals surface area (Å²) in [5.74, 6) is 0.327. The molecule has 2 aliphatic rings. The van der Waals surface area contributed by atoms with Gasteiger partial charge in [0.05, 0.1) is 11.0 Å². The first kappa shape index (κ1) is 24.3. The first-order valence-electron chi connectivity index (χ1n) is 12.4. The van der Waals surface area contributed by atoms with Gasteiger partial charge in [-0.2, -0.15) is 4.91 Å². The third kappa shape index (κ3) is 4.70. The minimum atomic E-state index is -0.635. The van der Waals surface area contributed by atoms with Crippen molar-refractivity contribution in [3.63, 3.8) is 0 Å². The van der Waals surface area contributed by atoms with E-state index in [0.29, 0.717) is 19.3 Å². The molecule has 7 nitrogen and oxygen atoms in total. The second kappa shape index (κ2) is 9.80. The number of aryl methyl sites for hydroxylation is 2. The molecule has 4 rings (SSSR count). The fourth-order valence-electron chi connectivity index (χ4n) is 5.81. The second-order valence-corrected chi connectivity index (χ2v) is 10.4. The molecule has 3 unspecified atom stereocenters. The molecule has 0 amide bonds. The summed E-state index contributed by atoms with van der Waals surface area (Å²) in [6.07, 6.45) is 8.25. The van der Waals surface area contributed by atoms with Crippen molar-refractivity contribution in [2.24, 2.45) is 29.5 Å². The molecule has 1 aliphatic carbocycles. The zero-order chi connectivity index (χ0) is 24.5. The topological polar surface area (TPSA) is 90.6 Å². The number of fused-ring (bicyclic) bond motifs is 3.